The van der Waals surface area contributed by atoms with Crippen LogP contribution in [-0.4, -0.2) is 71.6 Å². The molecule has 1 aromatic heterocycles. The molecule has 1 aromatic rings. The van der Waals surface area contributed by atoms with E-state index in [2.05, 4.69) is 20.8 Å². The molecule has 1 aliphatic carbocycles. The van der Waals surface area contributed by atoms with Crippen molar-refractivity contribution in [3.63, 3.8) is 0 Å². The summed E-state index contributed by atoms with van der Waals surface area (Å²) in [5, 5.41) is 14.1. The third-order valence-electron chi connectivity index (χ3n) is 5.32. The van der Waals surface area contributed by atoms with Gasteiger partial charge in [-0.15, -0.1) is 10.2 Å². The Morgan fingerprint density at radius 3 is 2.71 bits per heavy atom. The Balaban J connectivity index is 1.57. The summed E-state index contributed by atoms with van der Waals surface area (Å²) >= 11 is 6.00. The molecular weight excluding hydrogens is 422 g/mol. The second-order valence-corrected chi connectivity index (χ2v) is 9.48. The number of carbonyl (C=O) groups is 2. The molecule has 1 unspecified atom stereocenters. The van der Waals surface area contributed by atoms with Gasteiger partial charge in [-0.1, -0.05) is 24.4 Å². The van der Waals surface area contributed by atoms with Crippen LogP contribution in [0.4, 0.5) is 10.5 Å². The van der Waals surface area contributed by atoms with Crippen molar-refractivity contribution in [2.24, 2.45) is 5.92 Å². The molecule has 1 aliphatic heterocycles. The molecule has 2 fully saturated rings. The number of carbonyl (C=O) groups excluding carboxylic acids is 2. The Morgan fingerprint density at radius 1 is 1.26 bits per heavy atom. The Hall–Kier alpha value is -2.13. The molecule has 31 heavy (non-hydrogen) atoms. The van der Waals surface area contributed by atoms with E-state index in [4.69, 9.17) is 21.1 Å². The molecule has 9 nitrogen and oxygen atoms in total. The van der Waals surface area contributed by atoms with Crippen molar-refractivity contribution in [1.82, 2.24) is 20.4 Å². The number of morpholine rings is 1. The van der Waals surface area contributed by atoms with Crippen LogP contribution in [0.5, 0.6) is 0 Å². The summed E-state index contributed by atoms with van der Waals surface area (Å²) in [6.45, 7) is 7.80. The molecule has 1 saturated heterocycles. The van der Waals surface area contributed by atoms with E-state index in [-0.39, 0.29) is 29.0 Å². The van der Waals surface area contributed by atoms with Crippen LogP contribution in [0.1, 0.15) is 56.9 Å². The van der Waals surface area contributed by atoms with Crippen LogP contribution in [0.15, 0.2) is 6.07 Å². The minimum atomic E-state index is -0.552. The van der Waals surface area contributed by atoms with Crippen molar-refractivity contribution < 1.29 is 19.1 Å². The summed E-state index contributed by atoms with van der Waals surface area (Å²) in [5.74, 6) is 0.244. The van der Waals surface area contributed by atoms with E-state index in [1.165, 1.54) is 12.8 Å². The highest BCUT2D eigenvalue weighted by molar-refractivity contribution is 6.29. The number of aromatic nitrogens is 2. The third-order valence-corrected chi connectivity index (χ3v) is 5.50. The summed E-state index contributed by atoms with van der Waals surface area (Å²) in [6, 6.07) is 1.58. The maximum Gasteiger partial charge on any atom is 0.410 e. The Bertz CT molecular complexity index is 780. The Kier molecular flexibility index (Phi) is 7.94. The van der Waals surface area contributed by atoms with E-state index in [9.17, 15) is 9.59 Å². The highest BCUT2D eigenvalue weighted by Gasteiger charge is 2.28. The van der Waals surface area contributed by atoms with Gasteiger partial charge < -0.3 is 25.0 Å². The van der Waals surface area contributed by atoms with Gasteiger partial charge in [-0.05, 0) is 39.5 Å². The van der Waals surface area contributed by atoms with Crippen LogP contribution in [0.25, 0.3) is 0 Å². The fraction of sp³-hybridized carbons (Fsp3) is 0.714. The van der Waals surface area contributed by atoms with Gasteiger partial charge in [0.2, 0.25) is 0 Å². The Labute approximate surface area is 188 Å². The van der Waals surface area contributed by atoms with Gasteiger partial charge in [0.25, 0.3) is 5.91 Å². The molecule has 3 rings (SSSR count). The van der Waals surface area contributed by atoms with Gasteiger partial charge in [0.15, 0.2) is 10.8 Å². The van der Waals surface area contributed by atoms with Crippen LogP contribution < -0.4 is 10.6 Å². The fourth-order valence-electron chi connectivity index (χ4n) is 3.76. The topological polar surface area (TPSA) is 106 Å². The molecule has 0 spiro atoms. The second kappa shape index (κ2) is 10.5. The molecule has 2 heterocycles. The smallest absolute Gasteiger partial charge is 0.410 e. The number of amides is 2. The SMILES string of the molecule is CC(C)(C)OC(=O)N1CCOC(CNc2cc(Cl)nnc2C(=O)NCC2CCCC2)C1. The van der Waals surface area contributed by atoms with Crippen molar-refractivity contribution in [2.75, 3.05) is 38.1 Å². The highest BCUT2D eigenvalue weighted by atomic mass is 35.5. The molecule has 0 aromatic carbocycles. The highest BCUT2D eigenvalue weighted by Crippen LogP contribution is 2.24. The number of hydrogen-bond acceptors (Lipinski definition) is 7. The van der Waals surface area contributed by atoms with Gasteiger partial charge in [0.05, 0.1) is 24.9 Å². The van der Waals surface area contributed by atoms with Gasteiger partial charge in [-0.2, -0.15) is 0 Å². The van der Waals surface area contributed by atoms with Crippen LogP contribution in [0.2, 0.25) is 5.15 Å². The fourth-order valence-corrected chi connectivity index (χ4v) is 3.91. The maximum atomic E-state index is 12.7. The van der Waals surface area contributed by atoms with Crippen LogP contribution in [0, 0.1) is 5.92 Å². The van der Waals surface area contributed by atoms with E-state index in [0.717, 1.165) is 12.8 Å². The first-order chi connectivity index (χ1) is 14.7. The van der Waals surface area contributed by atoms with Crippen molar-refractivity contribution in [2.45, 2.75) is 58.2 Å². The lowest BCUT2D eigenvalue weighted by atomic mass is 10.1. The lowest BCUT2D eigenvalue weighted by Gasteiger charge is -2.34. The first-order valence-electron chi connectivity index (χ1n) is 10.9. The van der Waals surface area contributed by atoms with Crippen LogP contribution in [0.3, 0.4) is 0 Å². The lowest BCUT2D eigenvalue weighted by molar-refractivity contribution is -0.0371. The first kappa shape index (κ1) is 23.5. The van der Waals surface area contributed by atoms with E-state index in [1.807, 2.05) is 20.8 Å². The van der Waals surface area contributed by atoms with Gasteiger partial charge >= 0.3 is 6.09 Å². The number of anilines is 1. The molecule has 1 saturated carbocycles. The standard InChI is InChI=1S/C21H32ClN5O4/c1-21(2,3)31-20(29)27-8-9-30-15(13-27)12-23-16-10-17(22)25-26-18(16)19(28)24-11-14-6-4-5-7-14/h10,14-15H,4-9,11-13H2,1-3H3,(H,23,25)(H,24,28). The number of nitrogens with one attached hydrogen (secondary N) is 2. The van der Waals surface area contributed by atoms with Crippen LogP contribution in [-0.2, 0) is 9.47 Å². The number of rotatable bonds is 6. The molecule has 2 N–H and O–H groups in total. The molecule has 2 amide bonds. The van der Waals surface area contributed by atoms with Gasteiger partial charge in [0.1, 0.15) is 5.60 Å². The zero-order chi connectivity index (χ0) is 22.4. The monoisotopic (exact) mass is 453 g/mol. The predicted octanol–water partition coefficient (Wildman–Crippen LogP) is 3.10. The van der Waals surface area contributed by atoms with E-state index < -0.39 is 5.60 Å². The van der Waals surface area contributed by atoms with Gasteiger partial charge in [0, 0.05) is 25.7 Å². The van der Waals surface area contributed by atoms with Crippen LogP contribution >= 0.6 is 11.6 Å². The zero-order valence-electron chi connectivity index (χ0n) is 18.4. The van der Waals surface area contributed by atoms with Crippen molar-refractivity contribution in [3.05, 3.63) is 16.9 Å². The quantitative estimate of drug-likeness (QED) is 0.681. The molecule has 2 aliphatic rings. The van der Waals surface area contributed by atoms with E-state index in [0.29, 0.717) is 44.4 Å². The van der Waals surface area contributed by atoms with Gasteiger partial charge in [-0.3, -0.25) is 4.79 Å². The maximum absolute atomic E-state index is 12.7. The van der Waals surface area contributed by atoms with Crippen molar-refractivity contribution in [3.8, 4) is 0 Å². The lowest BCUT2D eigenvalue weighted by Crippen LogP contribution is -2.49. The van der Waals surface area contributed by atoms with Gasteiger partial charge in [-0.25, -0.2) is 4.79 Å². The normalized spacial score (nSPS) is 19.9. The largest absolute Gasteiger partial charge is 0.444 e. The summed E-state index contributed by atoms with van der Waals surface area (Å²) in [4.78, 5) is 26.6. The van der Waals surface area contributed by atoms with E-state index >= 15 is 0 Å². The minimum Gasteiger partial charge on any atom is -0.444 e. The molecular formula is C21H32ClN5O4. The number of nitrogens with zero attached hydrogens (tertiary/aromatic N) is 3. The number of ether oxygens (including phenoxy) is 2. The van der Waals surface area contributed by atoms with E-state index in [1.54, 1.807) is 11.0 Å². The molecule has 0 radical (unpaired) electrons. The average Bonchev–Trinajstić information content (AvgIpc) is 3.23. The zero-order valence-corrected chi connectivity index (χ0v) is 19.2. The number of hydrogen-bond donors (Lipinski definition) is 2. The predicted molar refractivity (Wildman–Crippen MR) is 117 cm³/mol. The van der Waals surface area contributed by atoms with Crippen molar-refractivity contribution >= 4 is 29.3 Å². The molecule has 172 valence electrons. The van der Waals surface area contributed by atoms with Crippen molar-refractivity contribution in [1.29, 1.82) is 0 Å². The summed E-state index contributed by atoms with van der Waals surface area (Å²) in [7, 11) is 0. The minimum absolute atomic E-state index is 0.190. The summed E-state index contributed by atoms with van der Waals surface area (Å²) in [6.07, 6.45) is 4.10. The second-order valence-electron chi connectivity index (χ2n) is 9.09. The molecule has 10 heteroatoms. The Morgan fingerprint density at radius 2 is 2.00 bits per heavy atom. The first-order valence-corrected chi connectivity index (χ1v) is 11.2. The summed E-state index contributed by atoms with van der Waals surface area (Å²) in [5.41, 5.74) is 0.132. The molecule has 1 atom stereocenters. The summed E-state index contributed by atoms with van der Waals surface area (Å²) < 4.78 is 11.2. The third kappa shape index (κ3) is 7.21. The average molecular weight is 454 g/mol. The molecule has 0 bridgehead atoms. The number of halogens is 1.